The second-order valence-corrected chi connectivity index (χ2v) is 5.99. The fraction of sp³-hybridized carbons (Fsp3) is 0.429. The normalized spacial score (nSPS) is 10.8. The molecule has 0 radical (unpaired) electrons. The number of rotatable bonds is 11. The van der Waals surface area contributed by atoms with Gasteiger partial charge in [-0.2, -0.15) is 0 Å². The summed E-state index contributed by atoms with van der Waals surface area (Å²) in [4.78, 5) is 8.95. The van der Waals surface area contributed by atoms with Crippen LogP contribution < -0.4 is 20.1 Å². The van der Waals surface area contributed by atoms with Crippen LogP contribution >= 0.6 is 24.0 Å². The molecule has 0 unspecified atom stereocenters. The Labute approximate surface area is 190 Å². The molecule has 2 aromatic rings. The molecule has 7 nitrogen and oxygen atoms in total. The molecule has 0 saturated carbocycles. The predicted octanol–water partition coefficient (Wildman–Crippen LogP) is 3.03. The number of aliphatic imine (C=N–C) groups is 1. The van der Waals surface area contributed by atoms with Gasteiger partial charge in [-0.1, -0.05) is 24.3 Å². The number of para-hydroxylation sites is 1. The lowest BCUT2D eigenvalue weighted by molar-refractivity contribution is 0.143. The molecule has 0 saturated heterocycles. The molecule has 0 bridgehead atoms. The van der Waals surface area contributed by atoms with E-state index < -0.39 is 0 Å². The Morgan fingerprint density at radius 3 is 2.59 bits per heavy atom. The van der Waals surface area contributed by atoms with Gasteiger partial charge in [-0.15, -0.1) is 24.0 Å². The summed E-state index contributed by atoms with van der Waals surface area (Å²) in [5, 5.41) is 6.63. The Kier molecular flexibility index (Phi) is 12.8. The van der Waals surface area contributed by atoms with Gasteiger partial charge in [0.25, 0.3) is 0 Å². The SMILES string of the molecule is CCNC(=NCc1cccnc1OCCOC)NCCc1ccccc1OC.I. The first-order valence-corrected chi connectivity index (χ1v) is 9.48. The first-order chi connectivity index (χ1) is 13.8. The Bertz CT molecular complexity index is 743. The third-order valence-corrected chi connectivity index (χ3v) is 4.01. The Morgan fingerprint density at radius 2 is 1.83 bits per heavy atom. The number of hydrogen-bond donors (Lipinski definition) is 2. The minimum absolute atomic E-state index is 0. The number of nitrogens with zero attached hydrogens (tertiary/aromatic N) is 2. The zero-order chi connectivity index (χ0) is 20.0. The van der Waals surface area contributed by atoms with Crippen LogP contribution in [0, 0.1) is 0 Å². The van der Waals surface area contributed by atoms with Crippen molar-refractivity contribution in [2.45, 2.75) is 19.9 Å². The smallest absolute Gasteiger partial charge is 0.218 e. The third kappa shape index (κ3) is 8.86. The number of ether oxygens (including phenoxy) is 3. The van der Waals surface area contributed by atoms with Crippen molar-refractivity contribution in [3.8, 4) is 11.6 Å². The molecule has 0 fully saturated rings. The quantitative estimate of drug-likeness (QED) is 0.208. The monoisotopic (exact) mass is 514 g/mol. The van der Waals surface area contributed by atoms with E-state index in [-0.39, 0.29) is 24.0 Å². The van der Waals surface area contributed by atoms with Crippen LogP contribution in [0.4, 0.5) is 0 Å². The molecule has 1 aromatic heterocycles. The highest BCUT2D eigenvalue weighted by atomic mass is 127. The first-order valence-electron chi connectivity index (χ1n) is 9.48. The van der Waals surface area contributed by atoms with Crippen LogP contribution in [-0.2, 0) is 17.7 Å². The van der Waals surface area contributed by atoms with Crippen LogP contribution in [-0.4, -0.2) is 51.5 Å². The topological polar surface area (TPSA) is 77.0 Å². The summed E-state index contributed by atoms with van der Waals surface area (Å²) in [5.41, 5.74) is 2.09. The maximum atomic E-state index is 5.67. The summed E-state index contributed by atoms with van der Waals surface area (Å²) in [6.45, 7) is 5.02. The highest BCUT2D eigenvalue weighted by molar-refractivity contribution is 14.0. The minimum Gasteiger partial charge on any atom is -0.496 e. The number of guanidine groups is 1. The molecule has 8 heteroatoms. The largest absolute Gasteiger partial charge is 0.496 e. The average molecular weight is 514 g/mol. The van der Waals surface area contributed by atoms with E-state index in [0.29, 0.717) is 25.6 Å². The lowest BCUT2D eigenvalue weighted by atomic mass is 10.1. The highest BCUT2D eigenvalue weighted by Crippen LogP contribution is 2.17. The van der Waals surface area contributed by atoms with Crippen molar-refractivity contribution in [2.75, 3.05) is 40.5 Å². The van der Waals surface area contributed by atoms with E-state index in [9.17, 15) is 0 Å². The van der Waals surface area contributed by atoms with E-state index >= 15 is 0 Å². The zero-order valence-corrected chi connectivity index (χ0v) is 19.6. The first kappa shape index (κ1) is 25.0. The molecule has 2 N–H and O–H groups in total. The molecule has 0 atom stereocenters. The van der Waals surface area contributed by atoms with Gasteiger partial charge >= 0.3 is 0 Å². The van der Waals surface area contributed by atoms with Crippen molar-refractivity contribution in [1.82, 2.24) is 15.6 Å². The Hall–Kier alpha value is -2.07. The van der Waals surface area contributed by atoms with E-state index in [4.69, 9.17) is 14.2 Å². The van der Waals surface area contributed by atoms with Gasteiger partial charge in [0.05, 0.1) is 20.3 Å². The van der Waals surface area contributed by atoms with Crippen molar-refractivity contribution >= 4 is 29.9 Å². The lowest BCUT2D eigenvalue weighted by Crippen LogP contribution is -2.38. The standard InChI is InChI=1S/C21H30N4O3.HI/c1-4-22-21(24-13-11-17-8-5-6-10-19(17)27-3)25-16-18-9-7-12-23-20(18)28-15-14-26-2;/h5-10,12H,4,11,13-16H2,1-3H3,(H2,22,24,25);1H. The summed E-state index contributed by atoms with van der Waals surface area (Å²) >= 11 is 0. The van der Waals surface area contributed by atoms with Crippen molar-refractivity contribution < 1.29 is 14.2 Å². The number of aromatic nitrogens is 1. The van der Waals surface area contributed by atoms with Crippen LogP contribution in [0.25, 0.3) is 0 Å². The number of benzene rings is 1. The predicted molar refractivity (Wildman–Crippen MR) is 127 cm³/mol. The fourth-order valence-electron chi connectivity index (χ4n) is 2.63. The molecule has 0 spiro atoms. The number of halogens is 1. The van der Waals surface area contributed by atoms with Gasteiger partial charge in [-0.05, 0) is 31.0 Å². The van der Waals surface area contributed by atoms with Crippen molar-refractivity contribution in [1.29, 1.82) is 0 Å². The summed E-state index contributed by atoms with van der Waals surface area (Å²) in [6.07, 6.45) is 2.55. The van der Waals surface area contributed by atoms with E-state index in [1.807, 2.05) is 37.3 Å². The van der Waals surface area contributed by atoms with Gasteiger partial charge < -0.3 is 24.8 Å². The minimum atomic E-state index is 0. The van der Waals surface area contributed by atoms with Crippen LogP contribution in [0.2, 0.25) is 0 Å². The number of hydrogen-bond acceptors (Lipinski definition) is 5. The maximum absolute atomic E-state index is 5.67. The second kappa shape index (κ2) is 14.9. The van der Waals surface area contributed by atoms with Gasteiger partial charge in [-0.25, -0.2) is 9.98 Å². The summed E-state index contributed by atoms with van der Waals surface area (Å²) in [6, 6.07) is 11.9. The highest BCUT2D eigenvalue weighted by Gasteiger charge is 2.06. The third-order valence-electron chi connectivity index (χ3n) is 4.01. The van der Waals surface area contributed by atoms with Crippen molar-refractivity contribution in [2.24, 2.45) is 4.99 Å². The van der Waals surface area contributed by atoms with Crippen molar-refractivity contribution in [3.63, 3.8) is 0 Å². The average Bonchev–Trinajstić information content (AvgIpc) is 2.73. The summed E-state index contributed by atoms with van der Waals surface area (Å²) in [5.74, 6) is 2.25. The molecule has 0 aliphatic rings. The van der Waals surface area contributed by atoms with Gasteiger partial charge in [0, 0.05) is 32.0 Å². The number of nitrogens with one attached hydrogen (secondary N) is 2. The molecule has 2 rings (SSSR count). The van der Waals surface area contributed by atoms with Crippen LogP contribution in [0.5, 0.6) is 11.6 Å². The van der Waals surface area contributed by atoms with E-state index in [1.54, 1.807) is 20.4 Å². The Morgan fingerprint density at radius 1 is 1.03 bits per heavy atom. The summed E-state index contributed by atoms with van der Waals surface area (Å²) < 4.78 is 16.1. The number of methoxy groups -OCH3 is 2. The number of pyridine rings is 1. The molecule has 1 heterocycles. The van der Waals surface area contributed by atoms with Crippen LogP contribution in [0.15, 0.2) is 47.6 Å². The zero-order valence-electron chi connectivity index (χ0n) is 17.3. The molecule has 0 aliphatic heterocycles. The molecular weight excluding hydrogens is 483 g/mol. The molecule has 29 heavy (non-hydrogen) atoms. The van der Waals surface area contributed by atoms with Crippen molar-refractivity contribution in [3.05, 3.63) is 53.7 Å². The maximum Gasteiger partial charge on any atom is 0.218 e. The second-order valence-electron chi connectivity index (χ2n) is 5.99. The fourth-order valence-corrected chi connectivity index (χ4v) is 2.63. The van der Waals surface area contributed by atoms with Crippen LogP contribution in [0.1, 0.15) is 18.1 Å². The van der Waals surface area contributed by atoms with E-state index in [0.717, 1.165) is 42.3 Å². The lowest BCUT2D eigenvalue weighted by Gasteiger charge is -2.13. The molecule has 0 aliphatic carbocycles. The van der Waals surface area contributed by atoms with Gasteiger partial charge in [0.2, 0.25) is 5.88 Å². The molecule has 0 amide bonds. The van der Waals surface area contributed by atoms with E-state index in [2.05, 4.69) is 26.7 Å². The molecule has 1 aromatic carbocycles. The van der Waals surface area contributed by atoms with E-state index in [1.165, 1.54) is 0 Å². The molecule has 160 valence electrons. The molecular formula is C21H31IN4O3. The summed E-state index contributed by atoms with van der Waals surface area (Å²) in [7, 11) is 3.34. The van der Waals surface area contributed by atoms with Crippen LogP contribution in [0.3, 0.4) is 0 Å². The van der Waals surface area contributed by atoms with Gasteiger partial charge in [0.1, 0.15) is 12.4 Å². The van der Waals surface area contributed by atoms with Gasteiger partial charge in [0.15, 0.2) is 5.96 Å². The van der Waals surface area contributed by atoms with Gasteiger partial charge in [-0.3, -0.25) is 0 Å². The Balaban J connectivity index is 0.00000420.